The van der Waals surface area contributed by atoms with E-state index in [0.717, 1.165) is 12.2 Å². The van der Waals surface area contributed by atoms with Crippen molar-refractivity contribution in [1.82, 2.24) is 0 Å². The molecule has 0 spiro atoms. The van der Waals surface area contributed by atoms with E-state index in [1.54, 1.807) is 18.2 Å². The van der Waals surface area contributed by atoms with E-state index in [-0.39, 0.29) is 26.6 Å². The molecule has 24 heavy (non-hydrogen) atoms. The molecule has 0 atom stereocenters. The van der Waals surface area contributed by atoms with Crippen LogP contribution >= 0.6 is 46.4 Å². The molecule has 0 heterocycles. The van der Waals surface area contributed by atoms with Gasteiger partial charge < -0.3 is 9.47 Å². The largest absolute Gasteiger partial charge is 0.422 e. The Labute approximate surface area is 157 Å². The fourth-order valence-electron chi connectivity index (χ4n) is 1.57. The summed E-state index contributed by atoms with van der Waals surface area (Å²) in [6, 6.07) is 9.15. The first-order chi connectivity index (χ1) is 11.4. The van der Waals surface area contributed by atoms with Gasteiger partial charge in [-0.15, -0.1) is 0 Å². The van der Waals surface area contributed by atoms with Crippen LogP contribution in [0.4, 0.5) is 0 Å². The molecule has 0 saturated carbocycles. The molecule has 0 aliphatic rings. The summed E-state index contributed by atoms with van der Waals surface area (Å²) in [5.74, 6) is -1.55. The minimum absolute atomic E-state index is 0.0585. The van der Waals surface area contributed by atoms with E-state index in [1.165, 1.54) is 18.2 Å². The smallest absolute Gasteiger partial charge is 0.336 e. The number of hydrogen-bond donors (Lipinski definition) is 0. The van der Waals surface area contributed by atoms with Crippen LogP contribution in [0.2, 0.25) is 20.1 Å². The zero-order chi connectivity index (χ0) is 17.7. The maximum absolute atomic E-state index is 11.7. The number of esters is 2. The van der Waals surface area contributed by atoms with Gasteiger partial charge in [0.05, 0.1) is 15.1 Å². The van der Waals surface area contributed by atoms with E-state index in [4.69, 9.17) is 55.9 Å². The third-order valence-corrected chi connectivity index (χ3v) is 3.66. The second kappa shape index (κ2) is 8.40. The molecule has 2 aromatic rings. The molecule has 0 aromatic heterocycles. The summed E-state index contributed by atoms with van der Waals surface area (Å²) < 4.78 is 9.95. The molecule has 0 N–H and O–H groups in total. The summed E-state index contributed by atoms with van der Waals surface area (Å²) in [4.78, 5) is 23.4. The lowest BCUT2D eigenvalue weighted by Crippen LogP contribution is -2.09. The van der Waals surface area contributed by atoms with Gasteiger partial charge in [-0.2, -0.15) is 0 Å². The Kier molecular flexibility index (Phi) is 6.52. The van der Waals surface area contributed by atoms with E-state index in [0.29, 0.717) is 5.02 Å². The van der Waals surface area contributed by atoms with Crippen molar-refractivity contribution in [3.63, 3.8) is 0 Å². The van der Waals surface area contributed by atoms with E-state index in [1.807, 2.05) is 0 Å². The highest BCUT2D eigenvalue weighted by Gasteiger charge is 2.13. The van der Waals surface area contributed by atoms with Gasteiger partial charge in [-0.05, 0) is 24.3 Å². The zero-order valence-electron chi connectivity index (χ0n) is 11.8. The zero-order valence-corrected chi connectivity index (χ0v) is 14.8. The highest BCUT2D eigenvalue weighted by atomic mass is 35.5. The molecule has 8 heteroatoms. The van der Waals surface area contributed by atoms with Crippen LogP contribution in [0.3, 0.4) is 0 Å². The average Bonchev–Trinajstić information content (AvgIpc) is 2.51. The van der Waals surface area contributed by atoms with Gasteiger partial charge in [0, 0.05) is 17.2 Å². The third-order valence-electron chi connectivity index (χ3n) is 2.57. The van der Waals surface area contributed by atoms with Crippen LogP contribution in [-0.4, -0.2) is 11.9 Å². The quantitative estimate of drug-likeness (QED) is 0.390. The molecule has 0 unspecified atom stereocenters. The van der Waals surface area contributed by atoms with Crippen LogP contribution in [0.1, 0.15) is 0 Å². The standard InChI is InChI=1S/C16H8Cl4O4/c17-9-7-11(19)16(12(20)8-9)24-15(22)6-5-14(21)23-13-4-2-1-3-10(13)18/h1-8H/b6-5+. The molecule has 0 saturated heterocycles. The number of ether oxygens (including phenoxy) is 2. The Hall–Kier alpha value is -1.72. The molecule has 0 radical (unpaired) electrons. The van der Waals surface area contributed by atoms with Crippen LogP contribution in [0.5, 0.6) is 11.5 Å². The molecular weight excluding hydrogens is 398 g/mol. The summed E-state index contributed by atoms with van der Waals surface area (Å²) in [7, 11) is 0. The number of para-hydroxylation sites is 1. The lowest BCUT2D eigenvalue weighted by atomic mass is 10.3. The van der Waals surface area contributed by atoms with Crippen molar-refractivity contribution in [3.05, 3.63) is 68.6 Å². The fraction of sp³-hybridized carbons (Fsp3) is 0. The first kappa shape index (κ1) is 18.6. The van der Waals surface area contributed by atoms with Crippen LogP contribution in [0.15, 0.2) is 48.6 Å². The third kappa shape index (κ3) is 5.14. The maximum atomic E-state index is 11.7. The average molecular weight is 406 g/mol. The molecule has 2 rings (SSSR count). The van der Waals surface area contributed by atoms with Crippen LogP contribution in [0.25, 0.3) is 0 Å². The Morgan fingerprint density at radius 2 is 1.33 bits per heavy atom. The van der Waals surface area contributed by atoms with E-state index in [2.05, 4.69) is 0 Å². The second-order valence-corrected chi connectivity index (χ2v) is 5.96. The summed E-state index contributed by atoms with van der Waals surface area (Å²) in [6.07, 6.45) is 1.77. The van der Waals surface area contributed by atoms with E-state index >= 15 is 0 Å². The van der Waals surface area contributed by atoms with Crippen molar-refractivity contribution in [3.8, 4) is 11.5 Å². The van der Waals surface area contributed by atoms with Gasteiger partial charge in [-0.3, -0.25) is 0 Å². The van der Waals surface area contributed by atoms with Crippen LogP contribution < -0.4 is 9.47 Å². The van der Waals surface area contributed by atoms with Crippen LogP contribution in [-0.2, 0) is 9.59 Å². The SMILES string of the molecule is O=C(/C=C/C(=O)Oc1c(Cl)cc(Cl)cc1Cl)Oc1ccccc1Cl. The number of carbonyl (C=O) groups is 2. The van der Waals surface area contributed by atoms with Crippen molar-refractivity contribution in [2.75, 3.05) is 0 Å². The predicted molar refractivity (Wildman–Crippen MR) is 93.3 cm³/mol. The van der Waals surface area contributed by atoms with Crippen molar-refractivity contribution >= 4 is 58.3 Å². The van der Waals surface area contributed by atoms with Crippen molar-refractivity contribution < 1.29 is 19.1 Å². The lowest BCUT2D eigenvalue weighted by Gasteiger charge is -2.06. The van der Waals surface area contributed by atoms with Gasteiger partial charge >= 0.3 is 11.9 Å². The molecule has 0 amide bonds. The molecule has 0 fully saturated rings. The Balaban J connectivity index is 2.01. The molecule has 124 valence electrons. The number of halogens is 4. The van der Waals surface area contributed by atoms with Gasteiger partial charge in [-0.25, -0.2) is 9.59 Å². The maximum Gasteiger partial charge on any atom is 0.336 e. The normalized spacial score (nSPS) is 10.7. The number of benzene rings is 2. The van der Waals surface area contributed by atoms with Crippen molar-refractivity contribution in [1.29, 1.82) is 0 Å². The second-order valence-electron chi connectivity index (χ2n) is 4.30. The minimum atomic E-state index is -0.864. The summed E-state index contributed by atoms with van der Waals surface area (Å²) in [6.45, 7) is 0. The summed E-state index contributed by atoms with van der Waals surface area (Å²) >= 11 is 23.4. The topological polar surface area (TPSA) is 52.6 Å². The molecule has 0 aliphatic heterocycles. The molecule has 2 aromatic carbocycles. The number of hydrogen-bond acceptors (Lipinski definition) is 4. The van der Waals surface area contributed by atoms with Crippen LogP contribution in [0, 0.1) is 0 Å². The molecular formula is C16H8Cl4O4. The Bertz CT molecular complexity index is 794. The van der Waals surface area contributed by atoms with Gasteiger partial charge in [0.1, 0.15) is 5.75 Å². The van der Waals surface area contributed by atoms with Crippen molar-refractivity contribution in [2.24, 2.45) is 0 Å². The highest BCUT2D eigenvalue weighted by Crippen LogP contribution is 2.35. The van der Waals surface area contributed by atoms with Crippen molar-refractivity contribution in [2.45, 2.75) is 0 Å². The highest BCUT2D eigenvalue weighted by molar-refractivity contribution is 6.40. The molecule has 4 nitrogen and oxygen atoms in total. The number of rotatable bonds is 4. The number of carbonyl (C=O) groups excluding carboxylic acids is 2. The van der Waals surface area contributed by atoms with Gasteiger partial charge in [0.15, 0.2) is 5.75 Å². The Morgan fingerprint density at radius 1 is 0.792 bits per heavy atom. The first-order valence-electron chi connectivity index (χ1n) is 6.37. The van der Waals surface area contributed by atoms with Gasteiger partial charge in [-0.1, -0.05) is 58.5 Å². The summed E-state index contributed by atoms with van der Waals surface area (Å²) in [5, 5.41) is 0.686. The Morgan fingerprint density at radius 3 is 1.92 bits per heavy atom. The fourth-order valence-corrected chi connectivity index (χ4v) is 2.64. The predicted octanol–water partition coefficient (Wildman–Crippen LogP) is 5.37. The van der Waals surface area contributed by atoms with E-state index in [9.17, 15) is 9.59 Å². The summed E-state index contributed by atoms with van der Waals surface area (Å²) in [5.41, 5.74) is 0. The van der Waals surface area contributed by atoms with Gasteiger partial charge in [0.2, 0.25) is 0 Å². The van der Waals surface area contributed by atoms with Gasteiger partial charge in [0.25, 0.3) is 0 Å². The molecule has 0 aliphatic carbocycles. The molecule has 0 bridgehead atoms. The minimum Gasteiger partial charge on any atom is -0.422 e. The van der Waals surface area contributed by atoms with E-state index < -0.39 is 11.9 Å². The lowest BCUT2D eigenvalue weighted by molar-refractivity contribution is -0.131. The first-order valence-corrected chi connectivity index (χ1v) is 7.89. The monoisotopic (exact) mass is 404 g/mol.